The Balaban J connectivity index is 2.15. The zero-order chi connectivity index (χ0) is 16.1. The van der Waals surface area contributed by atoms with Gasteiger partial charge in [-0.05, 0) is 53.6 Å². The van der Waals surface area contributed by atoms with Crippen LogP contribution in [-0.2, 0) is 6.42 Å². The number of halogens is 1. The molecule has 0 amide bonds. The summed E-state index contributed by atoms with van der Waals surface area (Å²) in [4.78, 5) is 0. The highest BCUT2D eigenvalue weighted by Crippen LogP contribution is 2.32. The Morgan fingerprint density at radius 1 is 0.909 bits per heavy atom. The Kier molecular flexibility index (Phi) is 5.42. The second-order valence-corrected chi connectivity index (χ2v) is 5.74. The van der Waals surface area contributed by atoms with E-state index in [-0.39, 0.29) is 5.82 Å². The Hall–Kier alpha value is -2.03. The van der Waals surface area contributed by atoms with E-state index in [4.69, 9.17) is 9.47 Å². The minimum absolute atomic E-state index is 0.193. The molecule has 0 unspecified atom stereocenters. The van der Waals surface area contributed by atoms with Crippen LogP contribution in [-0.4, -0.2) is 14.2 Å². The number of rotatable bonds is 6. The van der Waals surface area contributed by atoms with Gasteiger partial charge < -0.3 is 9.47 Å². The molecule has 3 heteroatoms. The molecule has 0 aliphatic carbocycles. The third-order valence-electron chi connectivity index (χ3n) is 4.22. The summed E-state index contributed by atoms with van der Waals surface area (Å²) in [6, 6.07) is 12.7. The molecule has 2 rings (SSSR count). The van der Waals surface area contributed by atoms with Crippen LogP contribution < -0.4 is 9.47 Å². The van der Waals surface area contributed by atoms with E-state index < -0.39 is 0 Å². The van der Waals surface area contributed by atoms with Crippen LogP contribution in [0.2, 0.25) is 0 Å². The molecule has 0 spiro atoms. The first-order valence-corrected chi connectivity index (χ1v) is 7.51. The molecule has 0 heterocycles. The number of hydrogen-bond acceptors (Lipinski definition) is 2. The van der Waals surface area contributed by atoms with E-state index in [2.05, 4.69) is 13.8 Å². The van der Waals surface area contributed by atoms with Crippen LogP contribution in [0.5, 0.6) is 11.5 Å². The molecule has 0 N–H and O–H groups in total. The smallest absolute Gasteiger partial charge is 0.123 e. The molecule has 0 aliphatic heterocycles. The fourth-order valence-electron chi connectivity index (χ4n) is 2.59. The van der Waals surface area contributed by atoms with Crippen molar-refractivity contribution < 1.29 is 13.9 Å². The van der Waals surface area contributed by atoms with Crippen LogP contribution in [0.3, 0.4) is 0 Å². The lowest BCUT2D eigenvalue weighted by atomic mass is 9.84. The average molecular weight is 302 g/mol. The molecule has 0 bridgehead atoms. The lowest BCUT2D eigenvalue weighted by Gasteiger charge is -2.21. The predicted octanol–water partition coefficient (Wildman–Crippen LogP) is 4.83. The molecule has 0 saturated carbocycles. The lowest BCUT2D eigenvalue weighted by molar-refractivity contribution is 0.390. The van der Waals surface area contributed by atoms with E-state index in [9.17, 15) is 4.39 Å². The average Bonchev–Trinajstić information content (AvgIpc) is 2.55. The minimum Gasteiger partial charge on any atom is -0.497 e. The summed E-state index contributed by atoms with van der Waals surface area (Å²) < 4.78 is 23.7. The molecule has 0 radical (unpaired) electrons. The van der Waals surface area contributed by atoms with E-state index in [0.717, 1.165) is 23.5 Å². The van der Waals surface area contributed by atoms with Crippen molar-refractivity contribution in [1.82, 2.24) is 0 Å². The van der Waals surface area contributed by atoms with Crippen LogP contribution in [0.1, 0.15) is 30.9 Å². The van der Waals surface area contributed by atoms with E-state index in [1.165, 1.54) is 17.7 Å². The van der Waals surface area contributed by atoms with Gasteiger partial charge in [-0.15, -0.1) is 0 Å². The quantitative estimate of drug-likeness (QED) is 0.761. The van der Waals surface area contributed by atoms with Gasteiger partial charge in [-0.3, -0.25) is 0 Å². The van der Waals surface area contributed by atoms with Crippen molar-refractivity contribution in [3.8, 4) is 11.5 Å². The Morgan fingerprint density at radius 2 is 1.45 bits per heavy atom. The zero-order valence-corrected chi connectivity index (χ0v) is 13.6. The lowest BCUT2D eigenvalue weighted by Crippen LogP contribution is -2.10. The highest BCUT2D eigenvalue weighted by Gasteiger charge is 2.17. The highest BCUT2D eigenvalue weighted by molar-refractivity contribution is 5.40. The molecular weight excluding hydrogens is 279 g/mol. The standard InChI is InChI=1S/C19H23FO2/c1-13(9-15-5-7-17(20)8-6-15)14(2)16-10-18(21-3)12-19(11-16)22-4/h5-8,10-14H,9H2,1-4H3/t13-,14-/m0/s1. The minimum atomic E-state index is -0.193. The molecule has 2 aromatic carbocycles. The van der Waals surface area contributed by atoms with Gasteiger partial charge in [-0.25, -0.2) is 4.39 Å². The second kappa shape index (κ2) is 7.30. The summed E-state index contributed by atoms with van der Waals surface area (Å²) in [5.41, 5.74) is 2.33. The van der Waals surface area contributed by atoms with Gasteiger partial charge >= 0.3 is 0 Å². The van der Waals surface area contributed by atoms with Gasteiger partial charge in [0.15, 0.2) is 0 Å². The summed E-state index contributed by atoms with van der Waals surface area (Å²) in [6.45, 7) is 4.41. The summed E-state index contributed by atoms with van der Waals surface area (Å²) in [5.74, 6) is 2.17. The van der Waals surface area contributed by atoms with E-state index >= 15 is 0 Å². The maximum atomic E-state index is 13.0. The van der Waals surface area contributed by atoms with E-state index in [1.807, 2.05) is 30.3 Å². The van der Waals surface area contributed by atoms with Crippen LogP contribution in [0.15, 0.2) is 42.5 Å². The number of ether oxygens (including phenoxy) is 2. The fourth-order valence-corrected chi connectivity index (χ4v) is 2.59. The molecule has 2 atom stereocenters. The maximum Gasteiger partial charge on any atom is 0.123 e. The Labute approximate surface area is 131 Å². The van der Waals surface area contributed by atoms with Gasteiger partial charge in [-0.1, -0.05) is 26.0 Å². The first kappa shape index (κ1) is 16.3. The molecule has 118 valence electrons. The van der Waals surface area contributed by atoms with Crippen LogP contribution in [0.25, 0.3) is 0 Å². The second-order valence-electron chi connectivity index (χ2n) is 5.74. The fraction of sp³-hybridized carbons (Fsp3) is 0.368. The Morgan fingerprint density at radius 3 is 1.95 bits per heavy atom. The molecule has 2 nitrogen and oxygen atoms in total. The number of benzene rings is 2. The first-order valence-electron chi connectivity index (χ1n) is 7.51. The molecule has 22 heavy (non-hydrogen) atoms. The molecule has 0 aliphatic rings. The van der Waals surface area contributed by atoms with Gasteiger partial charge in [0.1, 0.15) is 17.3 Å². The van der Waals surface area contributed by atoms with Crippen molar-refractivity contribution in [2.45, 2.75) is 26.2 Å². The molecule has 0 fully saturated rings. The van der Waals surface area contributed by atoms with Gasteiger partial charge in [0.2, 0.25) is 0 Å². The molecular formula is C19H23FO2. The van der Waals surface area contributed by atoms with Crippen molar-refractivity contribution in [2.24, 2.45) is 5.92 Å². The normalized spacial score (nSPS) is 13.5. The van der Waals surface area contributed by atoms with Crippen molar-refractivity contribution in [3.05, 3.63) is 59.4 Å². The largest absolute Gasteiger partial charge is 0.497 e. The molecule has 0 aromatic heterocycles. The Bertz CT molecular complexity index is 585. The molecule has 0 saturated heterocycles. The van der Waals surface area contributed by atoms with Crippen molar-refractivity contribution in [1.29, 1.82) is 0 Å². The topological polar surface area (TPSA) is 18.5 Å². The van der Waals surface area contributed by atoms with Crippen molar-refractivity contribution in [3.63, 3.8) is 0 Å². The third kappa shape index (κ3) is 4.00. The summed E-state index contributed by atoms with van der Waals surface area (Å²) in [5, 5.41) is 0. The first-order chi connectivity index (χ1) is 10.5. The molecule has 2 aromatic rings. The third-order valence-corrected chi connectivity index (χ3v) is 4.22. The summed E-state index contributed by atoms with van der Waals surface area (Å²) in [6.07, 6.45) is 0.904. The van der Waals surface area contributed by atoms with Gasteiger partial charge in [-0.2, -0.15) is 0 Å². The van der Waals surface area contributed by atoms with Crippen LogP contribution >= 0.6 is 0 Å². The van der Waals surface area contributed by atoms with Gasteiger partial charge in [0.05, 0.1) is 14.2 Å². The zero-order valence-electron chi connectivity index (χ0n) is 13.6. The number of methoxy groups -OCH3 is 2. The monoisotopic (exact) mass is 302 g/mol. The van der Waals surface area contributed by atoms with Crippen molar-refractivity contribution in [2.75, 3.05) is 14.2 Å². The van der Waals surface area contributed by atoms with Crippen LogP contribution in [0.4, 0.5) is 4.39 Å². The van der Waals surface area contributed by atoms with Gasteiger partial charge in [0.25, 0.3) is 0 Å². The van der Waals surface area contributed by atoms with Crippen LogP contribution in [0, 0.1) is 11.7 Å². The van der Waals surface area contributed by atoms with Gasteiger partial charge in [0, 0.05) is 6.07 Å². The highest BCUT2D eigenvalue weighted by atomic mass is 19.1. The van der Waals surface area contributed by atoms with E-state index in [1.54, 1.807) is 14.2 Å². The van der Waals surface area contributed by atoms with E-state index in [0.29, 0.717) is 11.8 Å². The predicted molar refractivity (Wildman–Crippen MR) is 87.2 cm³/mol. The van der Waals surface area contributed by atoms with Crippen molar-refractivity contribution >= 4 is 0 Å². The summed E-state index contributed by atoms with van der Waals surface area (Å²) >= 11 is 0. The SMILES string of the molecule is COc1cc(OC)cc([C@@H](C)[C@@H](C)Cc2ccc(F)cc2)c1. The number of hydrogen-bond donors (Lipinski definition) is 0. The summed E-state index contributed by atoms with van der Waals surface area (Å²) in [7, 11) is 3.32. The maximum absolute atomic E-state index is 13.0.